The van der Waals surface area contributed by atoms with Gasteiger partial charge in [0.05, 0.1) is 0 Å². The van der Waals surface area contributed by atoms with Crippen LogP contribution < -0.4 is 5.32 Å². The van der Waals surface area contributed by atoms with Gasteiger partial charge in [-0.15, -0.1) is 0 Å². The van der Waals surface area contributed by atoms with E-state index in [1.165, 1.54) is 58.0 Å². The van der Waals surface area contributed by atoms with Crippen molar-refractivity contribution in [2.24, 2.45) is 5.92 Å². The summed E-state index contributed by atoms with van der Waals surface area (Å²) in [7, 11) is 2.29. The van der Waals surface area contributed by atoms with Crippen LogP contribution in [-0.4, -0.2) is 37.6 Å². The Morgan fingerprint density at radius 1 is 1.18 bits per heavy atom. The zero-order chi connectivity index (χ0) is 12.5. The van der Waals surface area contributed by atoms with Gasteiger partial charge < -0.3 is 10.2 Å². The van der Waals surface area contributed by atoms with Gasteiger partial charge in [-0.2, -0.15) is 0 Å². The first-order chi connectivity index (χ1) is 8.27. The Labute approximate surface area is 108 Å². The van der Waals surface area contributed by atoms with Crippen molar-refractivity contribution in [3.63, 3.8) is 0 Å². The maximum absolute atomic E-state index is 3.70. The van der Waals surface area contributed by atoms with Crippen molar-refractivity contribution in [1.29, 1.82) is 0 Å². The fourth-order valence-electron chi connectivity index (χ4n) is 3.06. The molecule has 0 aliphatic heterocycles. The Kier molecular flexibility index (Phi) is 7.87. The molecule has 1 unspecified atom stereocenters. The van der Waals surface area contributed by atoms with Gasteiger partial charge in [-0.05, 0) is 45.3 Å². The van der Waals surface area contributed by atoms with Crippen LogP contribution in [0.5, 0.6) is 0 Å². The van der Waals surface area contributed by atoms with E-state index in [9.17, 15) is 0 Å². The summed E-state index contributed by atoms with van der Waals surface area (Å²) in [5.74, 6) is 0.934. The lowest BCUT2D eigenvalue weighted by Gasteiger charge is -2.29. The number of hydrogen-bond acceptors (Lipinski definition) is 2. The molecule has 1 fully saturated rings. The summed E-state index contributed by atoms with van der Waals surface area (Å²) in [6, 6.07) is 0.731. The minimum Gasteiger partial charge on any atom is -0.313 e. The van der Waals surface area contributed by atoms with E-state index in [1.807, 2.05) is 0 Å². The number of unbranched alkanes of at least 4 members (excludes halogenated alkanes) is 2. The number of rotatable bonds is 9. The summed E-state index contributed by atoms with van der Waals surface area (Å²) in [5.41, 5.74) is 0. The van der Waals surface area contributed by atoms with Crippen LogP contribution in [-0.2, 0) is 0 Å². The van der Waals surface area contributed by atoms with E-state index in [1.54, 1.807) is 0 Å². The highest BCUT2D eigenvalue weighted by molar-refractivity contribution is 4.82. The van der Waals surface area contributed by atoms with E-state index in [2.05, 4.69) is 31.1 Å². The highest BCUT2D eigenvalue weighted by Gasteiger charge is 2.24. The third-order valence-electron chi connectivity index (χ3n) is 4.09. The van der Waals surface area contributed by atoms with Crippen LogP contribution >= 0.6 is 0 Å². The van der Waals surface area contributed by atoms with Crippen molar-refractivity contribution in [2.45, 2.75) is 64.8 Å². The van der Waals surface area contributed by atoms with E-state index in [0.717, 1.165) is 18.5 Å². The van der Waals surface area contributed by atoms with Gasteiger partial charge in [0.15, 0.2) is 0 Å². The van der Waals surface area contributed by atoms with Crippen LogP contribution in [0, 0.1) is 5.92 Å². The normalized spacial score (nSPS) is 19.1. The lowest BCUT2D eigenvalue weighted by molar-refractivity contribution is 0.239. The second kappa shape index (κ2) is 8.93. The van der Waals surface area contributed by atoms with Crippen LogP contribution in [0.25, 0.3) is 0 Å². The average molecular weight is 240 g/mol. The van der Waals surface area contributed by atoms with Crippen LogP contribution in [0.1, 0.15) is 58.8 Å². The lowest BCUT2D eigenvalue weighted by Crippen LogP contribution is -2.44. The molecule has 1 aliphatic carbocycles. The molecule has 17 heavy (non-hydrogen) atoms. The maximum Gasteiger partial charge on any atom is 0.0222 e. The monoisotopic (exact) mass is 240 g/mol. The van der Waals surface area contributed by atoms with Crippen LogP contribution in [0.4, 0.5) is 0 Å². The molecule has 0 aromatic carbocycles. The molecule has 0 saturated heterocycles. The van der Waals surface area contributed by atoms with Crippen molar-refractivity contribution >= 4 is 0 Å². The first-order valence-corrected chi connectivity index (χ1v) is 7.69. The van der Waals surface area contributed by atoms with E-state index < -0.39 is 0 Å². The van der Waals surface area contributed by atoms with Crippen LogP contribution in [0.3, 0.4) is 0 Å². The molecule has 1 aliphatic rings. The van der Waals surface area contributed by atoms with Crippen LogP contribution in [0.2, 0.25) is 0 Å². The molecule has 0 radical (unpaired) electrons. The van der Waals surface area contributed by atoms with Crippen LogP contribution in [0.15, 0.2) is 0 Å². The Hall–Kier alpha value is -0.0800. The summed E-state index contributed by atoms with van der Waals surface area (Å²) in [4.78, 5) is 2.53. The molecule has 102 valence electrons. The average Bonchev–Trinajstić information content (AvgIpc) is 2.82. The van der Waals surface area contributed by atoms with Gasteiger partial charge in [-0.25, -0.2) is 0 Å². The van der Waals surface area contributed by atoms with Crippen molar-refractivity contribution < 1.29 is 0 Å². The number of nitrogens with zero attached hydrogens (tertiary/aromatic N) is 1. The van der Waals surface area contributed by atoms with E-state index in [-0.39, 0.29) is 0 Å². The van der Waals surface area contributed by atoms with E-state index >= 15 is 0 Å². The van der Waals surface area contributed by atoms with E-state index in [0.29, 0.717) is 0 Å². The summed E-state index contributed by atoms with van der Waals surface area (Å²) >= 11 is 0. The fraction of sp³-hybridized carbons (Fsp3) is 1.00. The number of likely N-dealkylation sites (N-methyl/N-ethyl adjacent to an activating group) is 2. The maximum atomic E-state index is 3.70. The molecule has 1 atom stereocenters. The van der Waals surface area contributed by atoms with Gasteiger partial charge in [0.25, 0.3) is 0 Å². The summed E-state index contributed by atoms with van der Waals surface area (Å²) in [6.07, 6.45) is 9.85. The predicted molar refractivity (Wildman–Crippen MR) is 76.4 cm³/mol. The molecule has 1 saturated carbocycles. The standard InChI is InChI=1S/C15H32N2/c1-4-6-9-12-17(3)13-15(16-5-2)14-10-7-8-11-14/h14-16H,4-13H2,1-3H3. The fourth-order valence-corrected chi connectivity index (χ4v) is 3.06. The van der Waals surface area contributed by atoms with Crippen molar-refractivity contribution in [1.82, 2.24) is 10.2 Å². The molecule has 2 heteroatoms. The van der Waals surface area contributed by atoms with Gasteiger partial charge >= 0.3 is 0 Å². The van der Waals surface area contributed by atoms with Gasteiger partial charge in [0, 0.05) is 12.6 Å². The third kappa shape index (κ3) is 5.87. The van der Waals surface area contributed by atoms with Gasteiger partial charge in [0.1, 0.15) is 0 Å². The predicted octanol–water partition coefficient (Wildman–Crippen LogP) is 3.28. The molecule has 1 N–H and O–H groups in total. The van der Waals surface area contributed by atoms with E-state index in [4.69, 9.17) is 0 Å². The highest BCUT2D eigenvalue weighted by atomic mass is 15.1. The first kappa shape index (κ1) is 15.0. The SMILES string of the molecule is CCCCCN(C)CC(NCC)C1CCCC1. The largest absolute Gasteiger partial charge is 0.313 e. The molecule has 0 aromatic rings. The molecule has 0 aromatic heterocycles. The van der Waals surface area contributed by atoms with Gasteiger partial charge in [0.2, 0.25) is 0 Å². The Morgan fingerprint density at radius 3 is 2.47 bits per heavy atom. The van der Waals surface area contributed by atoms with Gasteiger partial charge in [-0.3, -0.25) is 0 Å². The molecule has 0 bridgehead atoms. The Morgan fingerprint density at radius 2 is 1.88 bits per heavy atom. The molecule has 0 heterocycles. The Bertz CT molecular complexity index is 176. The van der Waals surface area contributed by atoms with Crippen molar-refractivity contribution in [3.05, 3.63) is 0 Å². The molecular weight excluding hydrogens is 208 g/mol. The highest BCUT2D eigenvalue weighted by Crippen LogP contribution is 2.28. The summed E-state index contributed by atoms with van der Waals surface area (Å²) in [5, 5.41) is 3.70. The number of nitrogens with one attached hydrogen (secondary N) is 1. The zero-order valence-electron chi connectivity index (χ0n) is 12.2. The quantitative estimate of drug-likeness (QED) is 0.622. The molecule has 0 spiro atoms. The molecule has 1 rings (SSSR count). The summed E-state index contributed by atoms with van der Waals surface area (Å²) < 4.78 is 0. The lowest BCUT2D eigenvalue weighted by atomic mass is 9.97. The smallest absolute Gasteiger partial charge is 0.0222 e. The molecule has 2 nitrogen and oxygen atoms in total. The van der Waals surface area contributed by atoms with Crippen molar-refractivity contribution in [3.8, 4) is 0 Å². The van der Waals surface area contributed by atoms with Gasteiger partial charge in [-0.1, -0.05) is 39.5 Å². The minimum absolute atomic E-state index is 0.731. The summed E-state index contributed by atoms with van der Waals surface area (Å²) in [6.45, 7) is 8.13. The zero-order valence-corrected chi connectivity index (χ0v) is 12.2. The minimum atomic E-state index is 0.731. The first-order valence-electron chi connectivity index (χ1n) is 7.69. The second-order valence-corrected chi connectivity index (χ2v) is 5.68. The third-order valence-corrected chi connectivity index (χ3v) is 4.09. The second-order valence-electron chi connectivity index (χ2n) is 5.68. The number of hydrogen-bond donors (Lipinski definition) is 1. The molecular formula is C15H32N2. The topological polar surface area (TPSA) is 15.3 Å². The van der Waals surface area contributed by atoms with Crippen molar-refractivity contribution in [2.75, 3.05) is 26.7 Å². The molecule has 0 amide bonds. The Balaban J connectivity index is 2.26.